The molecular formula is C19H20N4O2. The van der Waals surface area contributed by atoms with Gasteiger partial charge in [0.25, 0.3) is 5.91 Å². The molecule has 2 heterocycles. The minimum atomic E-state index is -0.227. The van der Waals surface area contributed by atoms with Crippen LogP contribution < -0.4 is 5.73 Å². The molecule has 0 saturated carbocycles. The predicted molar refractivity (Wildman–Crippen MR) is 95.8 cm³/mol. The van der Waals surface area contributed by atoms with Crippen LogP contribution >= 0.6 is 0 Å². The summed E-state index contributed by atoms with van der Waals surface area (Å²) >= 11 is 0. The van der Waals surface area contributed by atoms with E-state index < -0.39 is 0 Å². The van der Waals surface area contributed by atoms with Crippen LogP contribution in [0.3, 0.4) is 0 Å². The zero-order chi connectivity index (χ0) is 18.0. The van der Waals surface area contributed by atoms with Gasteiger partial charge in [0.15, 0.2) is 5.76 Å². The second-order valence-corrected chi connectivity index (χ2v) is 5.91. The lowest BCUT2D eigenvalue weighted by Gasteiger charge is -2.25. The molecule has 2 N–H and O–H groups in total. The number of amides is 1. The average Bonchev–Trinajstić information content (AvgIpc) is 3.06. The molecule has 0 aliphatic heterocycles. The second-order valence-electron chi connectivity index (χ2n) is 5.91. The number of nitrogens with zero attached hydrogens (tertiary/aromatic N) is 3. The van der Waals surface area contributed by atoms with Crippen LogP contribution in [0.5, 0.6) is 0 Å². The van der Waals surface area contributed by atoms with Crippen molar-refractivity contribution in [1.82, 2.24) is 14.9 Å². The van der Waals surface area contributed by atoms with Crippen molar-refractivity contribution in [2.45, 2.75) is 19.9 Å². The minimum Gasteiger partial charge on any atom is -0.460 e. The van der Waals surface area contributed by atoms with Crippen molar-refractivity contribution in [3.05, 3.63) is 65.5 Å². The van der Waals surface area contributed by atoms with E-state index in [1.54, 1.807) is 24.1 Å². The van der Waals surface area contributed by atoms with Crippen LogP contribution in [0.4, 0.5) is 5.95 Å². The van der Waals surface area contributed by atoms with E-state index in [0.717, 1.165) is 11.3 Å². The first kappa shape index (κ1) is 16.7. The van der Waals surface area contributed by atoms with Crippen LogP contribution in [0, 0.1) is 6.92 Å². The fraction of sp³-hybridized carbons (Fsp3) is 0.211. The zero-order valence-electron chi connectivity index (χ0n) is 14.4. The summed E-state index contributed by atoms with van der Waals surface area (Å²) in [5, 5.41) is 0. The first-order chi connectivity index (χ1) is 12.0. The number of carbonyl (C=O) groups is 1. The highest BCUT2D eigenvalue weighted by Gasteiger charge is 2.21. The maximum Gasteiger partial charge on any atom is 0.272 e. The summed E-state index contributed by atoms with van der Waals surface area (Å²) in [5.74, 6) is 1.12. The van der Waals surface area contributed by atoms with E-state index in [1.807, 2.05) is 50.2 Å². The lowest BCUT2D eigenvalue weighted by Crippen LogP contribution is -2.30. The minimum absolute atomic E-state index is 0.0377. The normalized spacial score (nSPS) is 12.0. The van der Waals surface area contributed by atoms with Crippen molar-refractivity contribution in [1.29, 1.82) is 0 Å². The standard InChI is InChI=1S/C19H20N4O2/c1-12-9-10-17(25-12)15-11-16(22-19(20)21-15)18(24)23(3)13(2)14-7-5-4-6-8-14/h4-11,13H,1-3H3,(H2,20,21,22)/t13-/m0/s1. The molecule has 25 heavy (non-hydrogen) atoms. The topological polar surface area (TPSA) is 85.2 Å². The first-order valence-electron chi connectivity index (χ1n) is 7.99. The van der Waals surface area contributed by atoms with Gasteiger partial charge in [-0.05, 0) is 37.6 Å². The molecule has 0 saturated heterocycles. The average molecular weight is 336 g/mol. The van der Waals surface area contributed by atoms with Gasteiger partial charge in [-0.2, -0.15) is 0 Å². The Morgan fingerprint density at radius 1 is 1.16 bits per heavy atom. The van der Waals surface area contributed by atoms with Gasteiger partial charge in [0.05, 0.1) is 6.04 Å². The number of aromatic nitrogens is 2. The predicted octanol–water partition coefficient (Wildman–Crippen LogP) is 3.46. The van der Waals surface area contributed by atoms with Gasteiger partial charge in [-0.25, -0.2) is 9.97 Å². The van der Waals surface area contributed by atoms with E-state index in [1.165, 1.54) is 0 Å². The Morgan fingerprint density at radius 3 is 2.52 bits per heavy atom. The molecule has 0 bridgehead atoms. The highest BCUT2D eigenvalue weighted by molar-refractivity contribution is 5.93. The number of benzene rings is 1. The smallest absolute Gasteiger partial charge is 0.272 e. The summed E-state index contributed by atoms with van der Waals surface area (Å²) in [6.07, 6.45) is 0. The molecule has 3 rings (SSSR count). The summed E-state index contributed by atoms with van der Waals surface area (Å²) in [5.41, 5.74) is 7.57. The Kier molecular flexibility index (Phi) is 4.52. The quantitative estimate of drug-likeness (QED) is 0.788. The Morgan fingerprint density at radius 2 is 1.88 bits per heavy atom. The Balaban J connectivity index is 1.90. The number of anilines is 1. The summed E-state index contributed by atoms with van der Waals surface area (Å²) < 4.78 is 5.57. The number of aryl methyl sites for hydroxylation is 1. The van der Waals surface area contributed by atoms with Crippen molar-refractivity contribution >= 4 is 11.9 Å². The maximum atomic E-state index is 12.8. The van der Waals surface area contributed by atoms with Crippen LogP contribution in [0.1, 0.15) is 34.8 Å². The van der Waals surface area contributed by atoms with E-state index in [9.17, 15) is 4.79 Å². The molecule has 1 aromatic carbocycles. The lowest BCUT2D eigenvalue weighted by atomic mass is 10.1. The SMILES string of the molecule is Cc1ccc(-c2cc(C(=O)N(C)[C@@H](C)c3ccccc3)nc(N)n2)o1. The van der Waals surface area contributed by atoms with Crippen molar-refractivity contribution in [2.75, 3.05) is 12.8 Å². The van der Waals surface area contributed by atoms with E-state index in [-0.39, 0.29) is 23.6 Å². The van der Waals surface area contributed by atoms with Crippen LogP contribution in [0.15, 0.2) is 52.9 Å². The van der Waals surface area contributed by atoms with Crippen LogP contribution in [-0.2, 0) is 0 Å². The summed E-state index contributed by atoms with van der Waals surface area (Å²) in [4.78, 5) is 22.7. The second kappa shape index (κ2) is 6.76. The molecule has 1 amide bonds. The van der Waals surface area contributed by atoms with E-state index in [2.05, 4.69) is 9.97 Å². The molecule has 6 nitrogen and oxygen atoms in total. The number of carbonyl (C=O) groups excluding carboxylic acids is 1. The van der Waals surface area contributed by atoms with E-state index >= 15 is 0 Å². The van der Waals surface area contributed by atoms with E-state index in [4.69, 9.17) is 10.2 Å². The van der Waals surface area contributed by atoms with Gasteiger partial charge < -0.3 is 15.1 Å². The summed E-state index contributed by atoms with van der Waals surface area (Å²) in [6, 6.07) is 14.9. The van der Waals surface area contributed by atoms with E-state index in [0.29, 0.717) is 11.5 Å². The third-order valence-corrected chi connectivity index (χ3v) is 4.14. The number of rotatable bonds is 4. The third-order valence-electron chi connectivity index (χ3n) is 4.14. The molecule has 0 aliphatic rings. The molecule has 2 aromatic heterocycles. The summed E-state index contributed by atoms with van der Waals surface area (Å²) in [7, 11) is 1.75. The number of nitrogen functional groups attached to an aromatic ring is 1. The monoisotopic (exact) mass is 336 g/mol. The maximum absolute atomic E-state index is 12.8. The Hall–Kier alpha value is -3.15. The van der Waals surface area contributed by atoms with Gasteiger partial charge in [-0.3, -0.25) is 4.79 Å². The van der Waals surface area contributed by atoms with Crippen molar-refractivity contribution in [3.8, 4) is 11.5 Å². The van der Waals surface area contributed by atoms with Gasteiger partial charge in [0, 0.05) is 7.05 Å². The number of hydrogen-bond acceptors (Lipinski definition) is 5. The summed E-state index contributed by atoms with van der Waals surface area (Å²) in [6.45, 7) is 3.81. The van der Waals surface area contributed by atoms with Crippen molar-refractivity contribution in [2.24, 2.45) is 0 Å². The molecule has 0 radical (unpaired) electrons. The number of nitrogens with two attached hydrogens (primary N) is 1. The highest BCUT2D eigenvalue weighted by atomic mass is 16.3. The fourth-order valence-electron chi connectivity index (χ4n) is 2.59. The molecule has 0 spiro atoms. The molecule has 6 heteroatoms. The molecule has 0 aliphatic carbocycles. The van der Waals surface area contributed by atoms with Gasteiger partial charge in [-0.15, -0.1) is 0 Å². The van der Waals surface area contributed by atoms with Crippen molar-refractivity contribution in [3.63, 3.8) is 0 Å². The first-order valence-corrected chi connectivity index (χ1v) is 7.99. The molecular weight excluding hydrogens is 316 g/mol. The molecule has 1 atom stereocenters. The largest absolute Gasteiger partial charge is 0.460 e. The van der Waals surface area contributed by atoms with Crippen LogP contribution in [0.25, 0.3) is 11.5 Å². The molecule has 3 aromatic rings. The van der Waals surface area contributed by atoms with Gasteiger partial charge >= 0.3 is 0 Å². The van der Waals surface area contributed by atoms with Gasteiger partial charge in [0.1, 0.15) is 17.1 Å². The highest BCUT2D eigenvalue weighted by Crippen LogP contribution is 2.24. The molecule has 0 unspecified atom stereocenters. The number of furan rings is 1. The lowest BCUT2D eigenvalue weighted by molar-refractivity contribution is 0.0736. The number of hydrogen-bond donors (Lipinski definition) is 1. The van der Waals surface area contributed by atoms with Crippen molar-refractivity contribution < 1.29 is 9.21 Å². The van der Waals surface area contributed by atoms with Gasteiger partial charge in [-0.1, -0.05) is 30.3 Å². The Bertz CT molecular complexity index is 889. The Labute approximate surface area is 146 Å². The van der Waals surface area contributed by atoms with Gasteiger partial charge in [0.2, 0.25) is 5.95 Å². The zero-order valence-corrected chi connectivity index (χ0v) is 14.4. The molecule has 0 fully saturated rings. The fourth-order valence-corrected chi connectivity index (χ4v) is 2.59. The molecule has 128 valence electrons. The van der Waals surface area contributed by atoms with Crippen LogP contribution in [-0.4, -0.2) is 27.8 Å². The third kappa shape index (κ3) is 3.52. The van der Waals surface area contributed by atoms with Crippen LogP contribution in [0.2, 0.25) is 0 Å².